The summed E-state index contributed by atoms with van der Waals surface area (Å²) in [6, 6.07) is 4.33. The van der Waals surface area contributed by atoms with Gasteiger partial charge in [0.1, 0.15) is 5.65 Å². The standard InChI is InChI=1S/C12H15N3.ClH/c1-2-12-14-7-8-15(12)9-11(1)10-3-5-13-6-4-10;/h1-2,7-10,13H,3-6H2;1H. The van der Waals surface area contributed by atoms with E-state index in [0.29, 0.717) is 0 Å². The molecule has 3 nitrogen and oxygen atoms in total. The van der Waals surface area contributed by atoms with Gasteiger partial charge in [-0.2, -0.15) is 0 Å². The number of fused-ring (bicyclic) bond motifs is 1. The molecule has 2 aromatic heterocycles. The van der Waals surface area contributed by atoms with Crippen LogP contribution in [0.15, 0.2) is 30.7 Å². The average molecular weight is 238 g/mol. The first-order valence-electron chi connectivity index (χ1n) is 5.57. The Hall–Kier alpha value is -1.06. The Morgan fingerprint density at radius 1 is 1.25 bits per heavy atom. The van der Waals surface area contributed by atoms with Gasteiger partial charge in [0.05, 0.1) is 0 Å². The smallest absolute Gasteiger partial charge is 0.136 e. The van der Waals surface area contributed by atoms with Crippen LogP contribution in [0.3, 0.4) is 0 Å². The van der Waals surface area contributed by atoms with E-state index in [9.17, 15) is 0 Å². The molecule has 2 aromatic rings. The lowest BCUT2D eigenvalue weighted by atomic mass is 9.91. The van der Waals surface area contributed by atoms with Gasteiger partial charge in [-0.15, -0.1) is 12.4 Å². The maximum Gasteiger partial charge on any atom is 0.136 e. The molecule has 1 fully saturated rings. The summed E-state index contributed by atoms with van der Waals surface area (Å²) in [5, 5.41) is 3.40. The third-order valence-electron chi connectivity index (χ3n) is 3.22. The second-order valence-electron chi connectivity index (χ2n) is 4.18. The molecule has 3 heterocycles. The largest absolute Gasteiger partial charge is 0.317 e. The van der Waals surface area contributed by atoms with Crippen LogP contribution in [0.4, 0.5) is 0 Å². The molecule has 0 atom stereocenters. The second kappa shape index (κ2) is 4.85. The third kappa shape index (κ3) is 2.06. The van der Waals surface area contributed by atoms with Gasteiger partial charge in [-0.3, -0.25) is 0 Å². The van der Waals surface area contributed by atoms with Crippen molar-refractivity contribution in [1.82, 2.24) is 14.7 Å². The Bertz CT molecular complexity index is 460. The maximum atomic E-state index is 4.26. The number of halogens is 1. The summed E-state index contributed by atoms with van der Waals surface area (Å²) in [5.41, 5.74) is 2.48. The Morgan fingerprint density at radius 3 is 2.88 bits per heavy atom. The molecule has 0 amide bonds. The van der Waals surface area contributed by atoms with Crippen molar-refractivity contribution in [1.29, 1.82) is 0 Å². The fraction of sp³-hybridized carbons (Fsp3) is 0.417. The summed E-state index contributed by atoms with van der Waals surface area (Å²) >= 11 is 0. The molecule has 3 rings (SSSR count). The number of hydrogen-bond donors (Lipinski definition) is 1. The van der Waals surface area contributed by atoms with E-state index >= 15 is 0 Å². The fourth-order valence-corrected chi connectivity index (χ4v) is 2.33. The van der Waals surface area contributed by atoms with E-state index in [4.69, 9.17) is 0 Å². The first-order valence-corrected chi connectivity index (χ1v) is 5.57. The molecule has 0 bridgehead atoms. The predicted molar refractivity (Wildman–Crippen MR) is 67.3 cm³/mol. The van der Waals surface area contributed by atoms with Crippen molar-refractivity contribution >= 4 is 18.1 Å². The molecule has 0 saturated carbocycles. The number of hydrogen-bond acceptors (Lipinski definition) is 2. The Labute approximate surface area is 101 Å². The van der Waals surface area contributed by atoms with Crippen LogP contribution in [0.25, 0.3) is 5.65 Å². The first-order chi connectivity index (χ1) is 7.43. The van der Waals surface area contributed by atoms with Crippen molar-refractivity contribution in [2.45, 2.75) is 18.8 Å². The Balaban J connectivity index is 0.000000963. The molecule has 0 radical (unpaired) electrons. The summed E-state index contributed by atoms with van der Waals surface area (Å²) in [6.45, 7) is 2.29. The summed E-state index contributed by atoms with van der Waals surface area (Å²) < 4.78 is 2.11. The van der Waals surface area contributed by atoms with E-state index in [0.717, 1.165) is 24.7 Å². The van der Waals surface area contributed by atoms with Crippen molar-refractivity contribution in [3.05, 3.63) is 36.3 Å². The highest BCUT2D eigenvalue weighted by molar-refractivity contribution is 5.85. The summed E-state index contributed by atoms with van der Waals surface area (Å²) in [7, 11) is 0. The molecule has 0 unspecified atom stereocenters. The maximum absolute atomic E-state index is 4.26. The monoisotopic (exact) mass is 237 g/mol. The van der Waals surface area contributed by atoms with Crippen LogP contribution in [0.1, 0.15) is 24.3 Å². The molecule has 86 valence electrons. The zero-order chi connectivity index (χ0) is 10.1. The minimum Gasteiger partial charge on any atom is -0.317 e. The van der Waals surface area contributed by atoms with Crippen molar-refractivity contribution in [3.63, 3.8) is 0 Å². The van der Waals surface area contributed by atoms with E-state index in [1.165, 1.54) is 18.4 Å². The molecular weight excluding hydrogens is 222 g/mol. The lowest BCUT2D eigenvalue weighted by molar-refractivity contribution is 0.459. The average Bonchev–Trinajstić information content (AvgIpc) is 2.77. The number of nitrogens with zero attached hydrogens (tertiary/aromatic N) is 2. The Kier molecular flexibility index (Phi) is 3.46. The summed E-state index contributed by atoms with van der Waals surface area (Å²) in [6.07, 6.45) is 8.58. The van der Waals surface area contributed by atoms with Gasteiger partial charge in [0.15, 0.2) is 0 Å². The van der Waals surface area contributed by atoms with Gasteiger partial charge in [-0.25, -0.2) is 4.98 Å². The highest BCUT2D eigenvalue weighted by atomic mass is 35.5. The van der Waals surface area contributed by atoms with Crippen LogP contribution in [-0.2, 0) is 0 Å². The number of rotatable bonds is 1. The van der Waals surface area contributed by atoms with Gasteiger partial charge in [-0.05, 0) is 43.5 Å². The molecule has 0 aromatic carbocycles. The molecule has 0 aliphatic carbocycles. The zero-order valence-electron chi connectivity index (χ0n) is 9.10. The van der Waals surface area contributed by atoms with Crippen molar-refractivity contribution in [2.75, 3.05) is 13.1 Å². The zero-order valence-corrected chi connectivity index (χ0v) is 9.91. The van der Waals surface area contributed by atoms with Crippen LogP contribution in [0.5, 0.6) is 0 Å². The molecule has 4 heteroatoms. The van der Waals surface area contributed by atoms with Gasteiger partial charge in [0.25, 0.3) is 0 Å². The second-order valence-corrected chi connectivity index (χ2v) is 4.18. The number of nitrogens with one attached hydrogen (secondary N) is 1. The van der Waals surface area contributed by atoms with Crippen LogP contribution < -0.4 is 5.32 Å². The molecule has 16 heavy (non-hydrogen) atoms. The number of aromatic nitrogens is 2. The normalized spacial score (nSPS) is 17.2. The number of piperidine rings is 1. The van der Waals surface area contributed by atoms with E-state index in [2.05, 4.69) is 33.0 Å². The number of pyridine rings is 1. The van der Waals surface area contributed by atoms with Crippen molar-refractivity contribution in [2.24, 2.45) is 0 Å². The number of imidazole rings is 1. The lowest BCUT2D eigenvalue weighted by Gasteiger charge is -2.22. The topological polar surface area (TPSA) is 29.3 Å². The minimum atomic E-state index is 0. The predicted octanol–water partition coefficient (Wildman–Crippen LogP) is 2.22. The fourth-order valence-electron chi connectivity index (χ4n) is 2.33. The quantitative estimate of drug-likeness (QED) is 0.824. The summed E-state index contributed by atoms with van der Waals surface area (Å²) in [4.78, 5) is 4.26. The van der Waals surface area contributed by atoms with Crippen LogP contribution in [0.2, 0.25) is 0 Å². The molecule has 1 aliphatic rings. The van der Waals surface area contributed by atoms with Crippen LogP contribution in [0, 0.1) is 0 Å². The molecule has 0 spiro atoms. The highest BCUT2D eigenvalue weighted by Crippen LogP contribution is 2.24. The van der Waals surface area contributed by atoms with Gasteiger partial charge < -0.3 is 9.72 Å². The minimum absolute atomic E-state index is 0. The molecule has 1 aliphatic heterocycles. The van der Waals surface area contributed by atoms with E-state index < -0.39 is 0 Å². The van der Waals surface area contributed by atoms with Crippen molar-refractivity contribution in [3.8, 4) is 0 Å². The lowest BCUT2D eigenvalue weighted by Crippen LogP contribution is -2.26. The summed E-state index contributed by atoms with van der Waals surface area (Å²) in [5.74, 6) is 0.720. The third-order valence-corrected chi connectivity index (χ3v) is 3.22. The van der Waals surface area contributed by atoms with E-state index in [1.54, 1.807) is 0 Å². The van der Waals surface area contributed by atoms with Crippen LogP contribution in [-0.4, -0.2) is 22.5 Å². The Morgan fingerprint density at radius 2 is 2.06 bits per heavy atom. The molecule has 1 N–H and O–H groups in total. The van der Waals surface area contributed by atoms with Gasteiger partial charge >= 0.3 is 0 Å². The highest BCUT2D eigenvalue weighted by Gasteiger charge is 2.15. The molecule has 1 saturated heterocycles. The van der Waals surface area contributed by atoms with E-state index in [-0.39, 0.29) is 12.4 Å². The van der Waals surface area contributed by atoms with Crippen LogP contribution >= 0.6 is 12.4 Å². The van der Waals surface area contributed by atoms with Gasteiger partial charge in [0.2, 0.25) is 0 Å². The SMILES string of the molecule is Cl.c1cn2cc(C3CCNCC3)ccc2n1. The first kappa shape index (κ1) is 11.4. The van der Waals surface area contributed by atoms with Crippen molar-refractivity contribution < 1.29 is 0 Å². The van der Waals surface area contributed by atoms with Gasteiger partial charge in [0, 0.05) is 18.6 Å². The van der Waals surface area contributed by atoms with E-state index in [1.807, 2.05) is 12.4 Å². The van der Waals surface area contributed by atoms with Gasteiger partial charge in [-0.1, -0.05) is 6.07 Å². The molecular formula is C12H16ClN3.